The van der Waals surface area contributed by atoms with Gasteiger partial charge < -0.3 is 19.3 Å². The molecule has 0 amide bonds. The third kappa shape index (κ3) is 3.20. The Hall–Kier alpha value is -3.09. The quantitative estimate of drug-likeness (QED) is 0.705. The fourth-order valence-electron chi connectivity index (χ4n) is 3.50. The lowest BCUT2D eigenvalue weighted by molar-refractivity contribution is 0.387. The van der Waals surface area contributed by atoms with Crippen LogP contribution in [0.25, 0.3) is 10.9 Å². The van der Waals surface area contributed by atoms with Crippen LogP contribution in [-0.4, -0.2) is 50.4 Å². The van der Waals surface area contributed by atoms with Crippen LogP contribution in [0.2, 0.25) is 0 Å². The van der Waals surface area contributed by atoms with E-state index in [1.165, 1.54) is 19.5 Å². The Kier molecular flexibility index (Phi) is 4.66. The van der Waals surface area contributed by atoms with E-state index >= 15 is 0 Å². The van der Waals surface area contributed by atoms with Crippen LogP contribution in [0.1, 0.15) is 0 Å². The average Bonchev–Trinajstić information content (AvgIpc) is 2.73. The first-order valence-corrected chi connectivity index (χ1v) is 8.82. The molecular formula is C20H21FN4O2. The lowest BCUT2D eigenvalue weighted by Gasteiger charge is -2.37. The third-order valence-corrected chi connectivity index (χ3v) is 4.89. The van der Waals surface area contributed by atoms with Crippen molar-refractivity contribution in [1.29, 1.82) is 0 Å². The zero-order valence-corrected chi connectivity index (χ0v) is 15.4. The molecule has 27 heavy (non-hydrogen) atoms. The summed E-state index contributed by atoms with van der Waals surface area (Å²) in [7, 11) is 3.15. The first-order valence-electron chi connectivity index (χ1n) is 8.82. The van der Waals surface area contributed by atoms with Crippen LogP contribution in [0.15, 0.2) is 42.7 Å². The van der Waals surface area contributed by atoms with E-state index in [0.717, 1.165) is 48.8 Å². The minimum absolute atomic E-state index is 0.200. The van der Waals surface area contributed by atoms with Gasteiger partial charge in [-0.1, -0.05) is 12.1 Å². The number of hydrogen-bond acceptors (Lipinski definition) is 6. The molecule has 0 bridgehead atoms. The number of rotatable bonds is 4. The molecule has 0 saturated carbocycles. The van der Waals surface area contributed by atoms with Crippen LogP contribution in [0.4, 0.5) is 15.9 Å². The van der Waals surface area contributed by atoms with Crippen molar-refractivity contribution in [2.24, 2.45) is 0 Å². The largest absolute Gasteiger partial charge is 0.495 e. The number of hydrogen-bond donors (Lipinski definition) is 0. The smallest absolute Gasteiger partial charge is 0.167 e. The van der Waals surface area contributed by atoms with Crippen molar-refractivity contribution in [2.45, 2.75) is 0 Å². The molecule has 1 aliphatic rings. The molecule has 2 aromatic carbocycles. The van der Waals surface area contributed by atoms with E-state index in [9.17, 15) is 4.39 Å². The molecule has 2 heterocycles. The normalized spacial score (nSPS) is 14.5. The number of benzene rings is 2. The van der Waals surface area contributed by atoms with E-state index in [2.05, 4.69) is 25.8 Å². The van der Waals surface area contributed by atoms with Crippen LogP contribution in [-0.2, 0) is 0 Å². The molecule has 7 heteroatoms. The van der Waals surface area contributed by atoms with E-state index in [1.807, 2.05) is 18.2 Å². The van der Waals surface area contributed by atoms with Crippen molar-refractivity contribution in [3.05, 3.63) is 48.5 Å². The van der Waals surface area contributed by atoms with Crippen LogP contribution in [0, 0.1) is 5.82 Å². The van der Waals surface area contributed by atoms with Crippen molar-refractivity contribution in [3.63, 3.8) is 0 Å². The summed E-state index contributed by atoms with van der Waals surface area (Å²) in [6.07, 6.45) is 1.48. The Morgan fingerprint density at radius 2 is 1.59 bits per heavy atom. The molecule has 0 atom stereocenters. The van der Waals surface area contributed by atoms with Gasteiger partial charge in [-0.25, -0.2) is 14.4 Å². The summed E-state index contributed by atoms with van der Waals surface area (Å²) in [6.45, 7) is 3.27. The zero-order chi connectivity index (χ0) is 18.8. The van der Waals surface area contributed by atoms with Gasteiger partial charge in [-0.05, 0) is 18.2 Å². The predicted molar refractivity (Wildman–Crippen MR) is 103 cm³/mol. The minimum atomic E-state index is -0.421. The van der Waals surface area contributed by atoms with Crippen molar-refractivity contribution in [3.8, 4) is 11.5 Å². The predicted octanol–water partition coefficient (Wildman–Crippen LogP) is 3.11. The molecule has 4 rings (SSSR count). The van der Waals surface area contributed by atoms with Crippen LogP contribution in [0.3, 0.4) is 0 Å². The van der Waals surface area contributed by atoms with Gasteiger partial charge in [0.15, 0.2) is 11.6 Å². The van der Waals surface area contributed by atoms with Crippen LogP contribution >= 0.6 is 0 Å². The lowest BCUT2D eigenvalue weighted by Crippen LogP contribution is -2.47. The summed E-state index contributed by atoms with van der Waals surface area (Å²) >= 11 is 0. The molecule has 0 unspecified atom stereocenters. The van der Waals surface area contributed by atoms with E-state index in [-0.39, 0.29) is 5.75 Å². The number of nitrogens with zero attached hydrogens (tertiary/aromatic N) is 4. The monoisotopic (exact) mass is 368 g/mol. The fraction of sp³-hybridized carbons (Fsp3) is 0.300. The number of anilines is 2. The Bertz CT molecular complexity index is 958. The lowest BCUT2D eigenvalue weighted by atomic mass is 10.2. The zero-order valence-electron chi connectivity index (χ0n) is 15.4. The Morgan fingerprint density at radius 1 is 0.889 bits per heavy atom. The van der Waals surface area contributed by atoms with E-state index < -0.39 is 5.82 Å². The Morgan fingerprint density at radius 3 is 2.33 bits per heavy atom. The fourth-order valence-corrected chi connectivity index (χ4v) is 3.50. The van der Waals surface area contributed by atoms with Gasteiger partial charge in [0.05, 0.1) is 25.4 Å². The second kappa shape index (κ2) is 7.26. The van der Waals surface area contributed by atoms with E-state index in [4.69, 9.17) is 9.47 Å². The number of fused-ring (bicyclic) bond motifs is 1. The SMILES string of the molecule is COc1cc2c(N3CCN(c4ccccc4OC)CC3)ncnc2cc1F. The number of piperazine rings is 1. The first-order chi connectivity index (χ1) is 13.2. The Balaban J connectivity index is 1.60. The van der Waals surface area contributed by atoms with Gasteiger partial charge >= 0.3 is 0 Å². The van der Waals surface area contributed by atoms with Crippen molar-refractivity contribution < 1.29 is 13.9 Å². The highest BCUT2D eigenvalue weighted by Gasteiger charge is 2.22. The van der Waals surface area contributed by atoms with Gasteiger partial charge in [0.25, 0.3) is 0 Å². The van der Waals surface area contributed by atoms with Gasteiger partial charge in [0.1, 0.15) is 17.9 Å². The van der Waals surface area contributed by atoms with Crippen LogP contribution < -0.4 is 19.3 Å². The molecule has 0 aliphatic carbocycles. The van der Waals surface area contributed by atoms with Crippen LogP contribution in [0.5, 0.6) is 11.5 Å². The van der Waals surface area contributed by atoms with Gasteiger partial charge in [-0.3, -0.25) is 0 Å². The summed E-state index contributed by atoms with van der Waals surface area (Å²) in [5.74, 6) is 1.46. The summed E-state index contributed by atoms with van der Waals surface area (Å²) in [5.41, 5.74) is 1.67. The van der Waals surface area contributed by atoms with E-state index in [0.29, 0.717) is 5.52 Å². The highest BCUT2D eigenvalue weighted by Crippen LogP contribution is 2.32. The highest BCUT2D eigenvalue weighted by molar-refractivity contribution is 5.90. The van der Waals surface area contributed by atoms with E-state index in [1.54, 1.807) is 13.2 Å². The standard InChI is InChI=1S/C20H21FN4O2/c1-26-18-6-4-3-5-17(18)24-7-9-25(10-8-24)20-14-11-19(27-2)15(21)12-16(14)22-13-23-20/h3-6,11-13H,7-10H2,1-2H3. The molecule has 6 nitrogen and oxygen atoms in total. The van der Waals surface area contributed by atoms with Crippen molar-refractivity contribution in [2.75, 3.05) is 50.2 Å². The maximum atomic E-state index is 14.0. The number of methoxy groups -OCH3 is 2. The summed E-state index contributed by atoms with van der Waals surface area (Å²) < 4.78 is 24.6. The first kappa shape index (κ1) is 17.3. The molecule has 1 fully saturated rings. The summed E-state index contributed by atoms with van der Waals surface area (Å²) in [5, 5.41) is 0.793. The third-order valence-electron chi connectivity index (χ3n) is 4.89. The molecule has 140 valence electrons. The molecule has 3 aromatic rings. The van der Waals surface area contributed by atoms with Gasteiger partial charge in [-0.15, -0.1) is 0 Å². The van der Waals surface area contributed by atoms with Gasteiger partial charge in [0.2, 0.25) is 0 Å². The topological polar surface area (TPSA) is 50.7 Å². The molecule has 1 aliphatic heterocycles. The molecular weight excluding hydrogens is 347 g/mol. The van der Waals surface area contributed by atoms with Gasteiger partial charge in [-0.2, -0.15) is 0 Å². The number of para-hydroxylation sites is 2. The number of ether oxygens (including phenoxy) is 2. The highest BCUT2D eigenvalue weighted by atomic mass is 19.1. The maximum Gasteiger partial charge on any atom is 0.167 e. The molecule has 0 N–H and O–H groups in total. The average molecular weight is 368 g/mol. The molecule has 0 radical (unpaired) electrons. The summed E-state index contributed by atoms with van der Waals surface area (Å²) in [4.78, 5) is 13.2. The van der Waals surface area contributed by atoms with Crippen molar-refractivity contribution >= 4 is 22.4 Å². The molecule has 1 aromatic heterocycles. The van der Waals surface area contributed by atoms with Gasteiger partial charge in [0, 0.05) is 37.6 Å². The minimum Gasteiger partial charge on any atom is -0.495 e. The molecule has 1 saturated heterocycles. The number of aromatic nitrogens is 2. The second-order valence-corrected chi connectivity index (χ2v) is 6.35. The number of halogens is 1. The summed E-state index contributed by atoms with van der Waals surface area (Å²) in [6, 6.07) is 11.1. The Labute approximate surface area is 157 Å². The molecule has 0 spiro atoms. The maximum absolute atomic E-state index is 14.0. The second-order valence-electron chi connectivity index (χ2n) is 6.35. The van der Waals surface area contributed by atoms with Crippen molar-refractivity contribution in [1.82, 2.24) is 9.97 Å².